The van der Waals surface area contributed by atoms with E-state index in [0.717, 1.165) is 6.42 Å². The largest absolute Gasteiger partial charge is 1.00 e. The van der Waals surface area contributed by atoms with Gasteiger partial charge in [-0.15, -0.1) is 0 Å². The second kappa shape index (κ2) is 15.4. The van der Waals surface area contributed by atoms with Crippen LogP contribution in [0.15, 0.2) is 99.9 Å². The van der Waals surface area contributed by atoms with Gasteiger partial charge in [0.2, 0.25) is 0 Å². The molecule has 0 heterocycles. The molecule has 0 N–H and O–H groups in total. The topological polar surface area (TPSA) is 0 Å². The van der Waals surface area contributed by atoms with Crippen molar-refractivity contribution in [2.24, 2.45) is 11.3 Å². The standard InChI is InChI=1S/C23H29.C13H19.C13H10.2ClH.Zr/c1-14-9-16-11-17-10-15(2)21(23(6,7)8)13-19(17)18(16)12-20(14)22(3,4)5;1-11-6-7-12(10-11)13(2)8-4-3-5-9-13;1-3-7-12(8-4-1)11-13-9-5-2-6-10-13;;;/h9,12-13H,11H2,1-8H3;7,10-11H,3-5,8-9H2,1-2H3;1-10H;2*1H;/q;;;;;+2/p-2. The van der Waals surface area contributed by atoms with Gasteiger partial charge in [0.25, 0.3) is 0 Å². The summed E-state index contributed by atoms with van der Waals surface area (Å²) in [5, 5.41) is 0. The van der Waals surface area contributed by atoms with E-state index >= 15 is 0 Å². The van der Waals surface area contributed by atoms with Crippen LogP contribution < -0.4 is 28.1 Å². The van der Waals surface area contributed by atoms with Crippen LogP contribution in [0.5, 0.6) is 0 Å². The number of rotatable bonds is 5. The molecule has 3 aliphatic rings. The molecule has 3 aliphatic carbocycles. The maximum atomic E-state index is 2.77. The number of fused-ring (bicyclic) bond motifs is 3. The molecule has 52 heavy (non-hydrogen) atoms. The van der Waals surface area contributed by atoms with Crippen molar-refractivity contribution in [3.63, 3.8) is 0 Å². The molecule has 0 saturated heterocycles. The van der Waals surface area contributed by atoms with E-state index in [2.05, 4.69) is 160 Å². The average Bonchev–Trinajstić information content (AvgIpc) is 3.63. The fraction of sp³-hybridized carbons (Fsp3) is 0.408. The van der Waals surface area contributed by atoms with Crippen molar-refractivity contribution >= 4 is 6.48 Å². The van der Waals surface area contributed by atoms with Crippen LogP contribution in [-0.4, -0.2) is 3.21 Å². The predicted molar refractivity (Wildman–Crippen MR) is 214 cm³/mol. The maximum Gasteiger partial charge on any atom is -1.00 e. The number of allylic oxidation sites excluding steroid dienone is 4. The zero-order chi connectivity index (χ0) is 35.6. The van der Waals surface area contributed by atoms with E-state index in [4.69, 9.17) is 0 Å². The zero-order valence-electron chi connectivity index (χ0n) is 33.2. The molecule has 0 spiro atoms. The van der Waals surface area contributed by atoms with Crippen molar-refractivity contribution in [1.29, 1.82) is 0 Å². The van der Waals surface area contributed by atoms with Gasteiger partial charge < -0.3 is 24.8 Å². The van der Waals surface area contributed by atoms with Gasteiger partial charge in [-0.2, -0.15) is 0 Å². The Hall–Kier alpha value is -2.31. The smallest absolute Gasteiger partial charge is 1.00 e. The summed E-state index contributed by atoms with van der Waals surface area (Å²) in [6.07, 6.45) is 13.3. The summed E-state index contributed by atoms with van der Waals surface area (Å²) in [5.74, 6) is 0.451. The molecule has 1 atom stereocenters. The van der Waals surface area contributed by atoms with Crippen LogP contribution in [0, 0.1) is 25.2 Å². The van der Waals surface area contributed by atoms with E-state index in [1.54, 1.807) is 26.5 Å². The van der Waals surface area contributed by atoms with Gasteiger partial charge in [-0.1, -0.05) is 0 Å². The molecule has 0 radical (unpaired) electrons. The summed E-state index contributed by atoms with van der Waals surface area (Å²) in [5.41, 5.74) is 17.0. The van der Waals surface area contributed by atoms with Crippen LogP contribution in [0.1, 0.15) is 132 Å². The molecular weight excluding hydrogens is 751 g/mol. The van der Waals surface area contributed by atoms with Crippen LogP contribution in [-0.2, 0) is 38.5 Å². The van der Waals surface area contributed by atoms with E-state index in [-0.39, 0.29) is 35.6 Å². The third kappa shape index (κ3) is 7.51. The molecule has 4 aromatic rings. The summed E-state index contributed by atoms with van der Waals surface area (Å²) in [4.78, 5) is 0. The Morgan fingerprint density at radius 1 is 0.712 bits per heavy atom. The molecule has 0 aliphatic heterocycles. The Morgan fingerprint density at radius 3 is 1.79 bits per heavy atom. The molecule has 4 aromatic carbocycles. The molecule has 0 bridgehead atoms. The van der Waals surface area contributed by atoms with Crippen molar-refractivity contribution < 1.29 is 46.1 Å². The summed E-state index contributed by atoms with van der Waals surface area (Å²) in [7, 11) is 0. The first-order valence-corrected chi connectivity index (χ1v) is 23.0. The van der Waals surface area contributed by atoms with Gasteiger partial charge in [-0.3, -0.25) is 0 Å². The van der Waals surface area contributed by atoms with Gasteiger partial charge in [-0.25, -0.2) is 0 Å². The van der Waals surface area contributed by atoms with Gasteiger partial charge in [-0.05, 0) is 0 Å². The van der Waals surface area contributed by atoms with Gasteiger partial charge in [0.05, 0.1) is 0 Å². The van der Waals surface area contributed by atoms with Crippen molar-refractivity contribution in [2.75, 3.05) is 0 Å². The fourth-order valence-electron chi connectivity index (χ4n) is 9.62. The van der Waals surface area contributed by atoms with Crippen LogP contribution in [0.25, 0.3) is 11.1 Å². The Kier molecular flexibility index (Phi) is 12.1. The molecular formula is C49H58Cl2Zr. The first kappa shape index (κ1) is 40.9. The minimum Gasteiger partial charge on any atom is -1.00 e. The maximum absolute atomic E-state index is 2.94. The Morgan fingerprint density at radius 2 is 1.25 bits per heavy atom. The first-order valence-electron chi connectivity index (χ1n) is 19.3. The van der Waals surface area contributed by atoms with E-state index < -0.39 is 21.3 Å². The monoisotopic (exact) mass is 806 g/mol. The number of hydrogen-bond acceptors (Lipinski definition) is 0. The molecule has 7 rings (SSSR count). The van der Waals surface area contributed by atoms with Crippen LogP contribution in [0.2, 0.25) is 0 Å². The van der Waals surface area contributed by atoms with Crippen LogP contribution in [0.4, 0.5) is 0 Å². The normalized spacial score (nSPS) is 17.4. The van der Waals surface area contributed by atoms with E-state index in [1.165, 1.54) is 76.6 Å². The van der Waals surface area contributed by atoms with Crippen molar-refractivity contribution in [2.45, 2.75) is 119 Å². The van der Waals surface area contributed by atoms with E-state index in [0.29, 0.717) is 11.3 Å². The Balaban J connectivity index is 0.00000261. The predicted octanol–water partition coefficient (Wildman–Crippen LogP) is 6.42. The molecule has 272 valence electrons. The summed E-state index contributed by atoms with van der Waals surface area (Å²) in [6.45, 7) is 24.3. The molecule has 0 aromatic heterocycles. The minimum absolute atomic E-state index is 0. The molecule has 0 amide bonds. The van der Waals surface area contributed by atoms with Gasteiger partial charge in [0.15, 0.2) is 0 Å². The second-order valence-electron chi connectivity index (χ2n) is 18.1. The second-order valence-corrected chi connectivity index (χ2v) is 23.8. The van der Waals surface area contributed by atoms with Crippen molar-refractivity contribution in [3.05, 3.63) is 144 Å². The van der Waals surface area contributed by atoms with Crippen LogP contribution in [0.3, 0.4) is 0 Å². The van der Waals surface area contributed by atoms with E-state index in [1.807, 2.05) is 0 Å². The molecule has 0 nitrogen and oxygen atoms in total. The molecule has 1 unspecified atom stereocenters. The molecule has 1 fully saturated rings. The third-order valence-electron chi connectivity index (χ3n) is 12.2. The fourth-order valence-corrected chi connectivity index (χ4v) is 18.5. The zero-order valence-corrected chi connectivity index (χ0v) is 37.2. The number of halogens is 2. The number of hydrogen-bond donors (Lipinski definition) is 0. The number of benzene rings is 4. The molecule has 3 heteroatoms. The summed E-state index contributed by atoms with van der Waals surface area (Å²) in [6, 6.07) is 30.7. The van der Waals surface area contributed by atoms with Gasteiger partial charge in [0, 0.05) is 0 Å². The third-order valence-corrected chi connectivity index (χ3v) is 20.7. The summed E-state index contributed by atoms with van der Waals surface area (Å²) < 4.78 is 5.13. The van der Waals surface area contributed by atoms with Crippen LogP contribution >= 0.6 is 0 Å². The number of aryl methyl sites for hydroxylation is 1. The van der Waals surface area contributed by atoms with Gasteiger partial charge in [0.1, 0.15) is 0 Å². The average molecular weight is 809 g/mol. The minimum atomic E-state index is -2.94. The first-order chi connectivity index (χ1) is 23.7. The van der Waals surface area contributed by atoms with Crippen molar-refractivity contribution in [3.8, 4) is 11.1 Å². The Labute approximate surface area is 335 Å². The Bertz CT molecular complexity index is 2000. The van der Waals surface area contributed by atoms with E-state index in [9.17, 15) is 0 Å². The SMILES string of the molecule is Cc1cc2c(cc1C(C)(C)C)-c1cc(C(C)(C)C)c(C)[c]([Zr+2]([C]3=CC(C4(C)CCCCC4)=CC3C)=[C](c3ccccc3)c3ccccc3)c1C2.[Cl-].[Cl-]. The quantitative estimate of drug-likeness (QED) is 0.193. The van der Waals surface area contributed by atoms with Crippen molar-refractivity contribution in [1.82, 2.24) is 0 Å². The summed E-state index contributed by atoms with van der Waals surface area (Å²) >= 11 is -2.94. The van der Waals surface area contributed by atoms with Gasteiger partial charge >= 0.3 is 313 Å². The molecule has 1 saturated carbocycles.